The van der Waals surface area contributed by atoms with Crippen molar-refractivity contribution in [3.63, 3.8) is 0 Å². The van der Waals surface area contributed by atoms with Gasteiger partial charge < -0.3 is 10.6 Å². The number of hydrogen-bond donors (Lipinski definition) is 2. The lowest BCUT2D eigenvalue weighted by molar-refractivity contribution is 0.499. The quantitative estimate of drug-likeness (QED) is 0.625. The van der Waals surface area contributed by atoms with E-state index in [0.717, 1.165) is 37.5 Å². The monoisotopic (exact) mass is 371 g/mol. The smallest absolute Gasteiger partial charge is 0.191 e. The van der Waals surface area contributed by atoms with E-state index in [1.807, 2.05) is 18.7 Å². The van der Waals surface area contributed by atoms with Crippen LogP contribution in [0.4, 0.5) is 0 Å². The molecular formula is C20H33N7. The molecule has 0 saturated carbocycles. The minimum Gasteiger partial charge on any atom is -0.357 e. The normalized spacial score (nSPS) is 17.3. The van der Waals surface area contributed by atoms with Gasteiger partial charge in [-0.25, -0.2) is 4.99 Å². The number of hydrogen-bond acceptors (Lipinski definition) is 3. The molecule has 7 heteroatoms. The van der Waals surface area contributed by atoms with Crippen LogP contribution in [0.2, 0.25) is 0 Å². The maximum absolute atomic E-state index is 4.82. The van der Waals surface area contributed by atoms with Gasteiger partial charge in [0.15, 0.2) is 5.96 Å². The Morgan fingerprint density at radius 2 is 2.11 bits per heavy atom. The Bertz CT molecular complexity index is 813. The van der Waals surface area contributed by atoms with E-state index in [4.69, 9.17) is 10.1 Å². The fraction of sp³-hybridized carbons (Fsp3) is 0.650. The molecule has 0 spiro atoms. The van der Waals surface area contributed by atoms with Gasteiger partial charge in [-0.1, -0.05) is 0 Å². The van der Waals surface area contributed by atoms with Crippen LogP contribution in [0.25, 0.3) is 0 Å². The summed E-state index contributed by atoms with van der Waals surface area (Å²) < 4.78 is 4.01. The summed E-state index contributed by atoms with van der Waals surface area (Å²) in [6, 6.07) is 0.772. The SMILES string of the molecule is CCNC(=NCc1c(C)nn(C)c1C)NC1CCc2cn(C(C)C)nc2C1. The minimum absolute atomic E-state index is 0.363. The summed E-state index contributed by atoms with van der Waals surface area (Å²) in [5, 5.41) is 16.3. The summed E-state index contributed by atoms with van der Waals surface area (Å²) in [6.07, 6.45) is 5.33. The first-order valence-corrected chi connectivity index (χ1v) is 9.99. The topological polar surface area (TPSA) is 72.1 Å². The van der Waals surface area contributed by atoms with Gasteiger partial charge in [0, 0.05) is 49.6 Å². The second-order valence-electron chi connectivity index (χ2n) is 7.73. The van der Waals surface area contributed by atoms with Crippen LogP contribution in [0.5, 0.6) is 0 Å². The molecule has 27 heavy (non-hydrogen) atoms. The summed E-state index contributed by atoms with van der Waals surface area (Å²) in [4.78, 5) is 4.82. The van der Waals surface area contributed by atoms with Gasteiger partial charge >= 0.3 is 0 Å². The Morgan fingerprint density at radius 3 is 2.74 bits per heavy atom. The molecule has 0 amide bonds. The molecule has 2 aromatic rings. The summed E-state index contributed by atoms with van der Waals surface area (Å²) in [5.74, 6) is 0.872. The maximum Gasteiger partial charge on any atom is 0.191 e. The lowest BCUT2D eigenvalue weighted by atomic mass is 9.94. The van der Waals surface area contributed by atoms with E-state index in [2.05, 4.69) is 54.3 Å². The highest BCUT2D eigenvalue weighted by molar-refractivity contribution is 5.80. The zero-order valence-corrected chi connectivity index (χ0v) is 17.5. The molecule has 1 atom stereocenters. The summed E-state index contributed by atoms with van der Waals surface area (Å²) in [7, 11) is 1.98. The molecule has 0 radical (unpaired) electrons. The number of aliphatic imine (C=N–C) groups is 1. The van der Waals surface area contributed by atoms with Crippen molar-refractivity contribution in [3.8, 4) is 0 Å². The number of aromatic nitrogens is 4. The highest BCUT2D eigenvalue weighted by atomic mass is 15.3. The molecule has 1 unspecified atom stereocenters. The second-order valence-corrected chi connectivity index (χ2v) is 7.73. The van der Waals surface area contributed by atoms with Crippen LogP contribution >= 0.6 is 0 Å². The molecule has 0 saturated heterocycles. The number of fused-ring (bicyclic) bond motifs is 1. The second kappa shape index (κ2) is 8.15. The molecule has 0 aromatic carbocycles. The van der Waals surface area contributed by atoms with Crippen LogP contribution in [-0.2, 0) is 26.4 Å². The first-order valence-electron chi connectivity index (χ1n) is 9.99. The van der Waals surface area contributed by atoms with Gasteiger partial charge in [0.25, 0.3) is 0 Å². The van der Waals surface area contributed by atoms with Gasteiger partial charge in [0.1, 0.15) is 0 Å². The Hall–Kier alpha value is -2.31. The van der Waals surface area contributed by atoms with Crippen LogP contribution in [0.1, 0.15) is 61.4 Å². The minimum atomic E-state index is 0.363. The van der Waals surface area contributed by atoms with E-state index in [1.54, 1.807) is 0 Å². The molecule has 3 rings (SSSR count). The molecule has 0 aliphatic heterocycles. The van der Waals surface area contributed by atoms with Crippen molar-refractivity contribution >= 4 is 5.96 Å². The van der Waals surface area contributed by atoms with E-state index in [9.17, 15) is 0 Å². The Balaban J connectivity index is 1.69. The van der Waals surface area contributed by atoms with Crippen molar-refractivity contribution in [1.29, 1.82) is 0 Å². The van der Waals surface area contributed by atoms with Crippen molar-refractivity contribution < 1.29 is 0 Å². The number of guanidine groups is 1. The Labute approximate surface area is 162 Å². The summed E-state index contributed by atoms with van der Waals surface area (Å²) in [6.45, 7) is 12.1. The van der Waals surface area contributed by atoms with Crippen LogP contribution < -0.4 is 10.6 Å². The standard InChI is InChI=1S/C20H33N7/c1-7-21-20(22-11-18-14(4)24-26(6)15(18)5)23-17-9-8-16-12-27(13(2)3)25-19(16)10-17/h12-13,17H,7-11H2,1-6H3,(H2,21,22,23). The van der Waals surface area contributed by atoms with E-state index in [0.29, 0.717) is 18.6 Å². The largest absolute Gasteiger partial charge is 0.357 e. The maximum atomic E-state index is 4.82. The van der Waals surface area contributed by atoms with E-state index >= 15 is 0 Å². The van der Waals surface area contributed by atoms with E-state index in [-0.39, 0.29) is 0 Å². The third-order valence-electron chi connectivity index (χ3n) is 5.37. The lowest BCUT2D eigenvalue weighted by Gasteiger charge is -2.24. The fourth-order valence-electron chi connectivity index (χ4n) is 3.62. The third-order valence-corrected chi connectivity index (χ3v) is 5.37. The third kappa shape index (κ3) is 4.34. The predicted molar refractivity (Wildman–Crippen MR) is 109 cm³/mol. The molecule has 2 N–H and O–H groups in total. The average Bonchev–Trinajstić information content (AvgIpc) is 3.14. The molecule has 1 aliphatic carbocycles. The zero-order chi connectivity index (χ0) is 19.6. The number of rotatable bonds is 5. The van der Waals surface area contributed by atoms with E-state index < -0.39 is 0 Å². The molecule has 1 aliphatic rings. The van der Waals surface area contributed by atoms with Crippen LogP contribution in [-0.4, -0.2) is 38.1 Å². The molecule has 2 aromatic heterocycles. The number of aryl methyl sites for hydroxylation is 3. The van der Waals surface area contributed by atoms with E-state index in [1.165, 1.54) is 22.5 Å². The van der Waals surface area contributed by atoms with Crippen molar-refractivity contribution in [2.24, 2.45) is 12.0 Å². The Kier molecular flexibility index (Phi) is 5.87. The first kappa shape index (κ1) is 19.5. The van der Waals surface area contributed by atoms with Crippen molar-refractivity contribution in [3.05, 3.63) is 34.4 Å². The molecular weight excluding hydrogens is 338 g/mol. The van der Waals surface area contributed by atoms with Crippen LogP contribution in [0.3, 0.4) is 0 Å². The summed E-state index contributed by atoms with van der Waals surface area (Å²) in [5.41, 5.74) is 6.05. The highest BCUT2D eigenvalue weighted by Crippen LogP contribution is 2.22. The van der Waals surface area contributed by atoms with Gasteiger partial charge in [-0.2, -0.15) is 10.2 Å². The van der Waals surface area contributed by atoms with Crippen molar-refractivity contribution in [2.45, 2.75) is 72.5 Å². The van der Waals surface area contributed by atoms with Gasteiger partial charge in [0.2, 0.25) is 0 Å². The first-order chi connectivity index (χ1) is 12.9. The van der Waals surface area contributed by atoms with Crippen molar-refractivity contribution in [2.75, 3.05) is 6.54 Å². The molecule has 0 fully saturated rings. The average molecular weight is 372 g/mol. The highest BCUT2D eigenvalue weighted by Gasteiger charge is 2.23. The van der Waals surface area contributed by atoms with Gasteiger partial charge in [-0.15, -0.1) is 0 Å². The lowest BCUT2D eigenvalue weighted by Crippen LogP contribution is -2.45. The van der Waals surface area contributed by atoms with Gasteiger partial charge in [-0.05, 0) is 53.0 Å². The van der Waals surface area contributed by atoms with Crippen molar-refractivity contribution in [1.82, 2.24) is 30.2 Å². The van der Waals surface area contributed by atoms with Gasteiger partial charge in [0.05, 0.1) is 17.9 Å². The summed E-state index contributed by atoms with van der Waals surface area (Å²) >= 11 is 0. The Morgan fingerprint density at radius 1 is 1.33 bits per heavy atom. The molecule has 7 nitrogen and oxygen atoms in total. The number of nitrogens with one attached hydrogen (secondary N) is 2. The molecule has 0 bridgehead atoms. The van der Waals surface area contributed by atoms with Gasteiger partial charge in [-0.3, -0.25) is 9.36 Å². The number of nitrogens with zero attached hydrogens (tertiary/aromatic N) is 5. The van der Waals surface area contributed by atoms with Crippen LogP contribution in [0.15, 0.2) is 11.2 Å². The fourth-order valence-corrected chi connectivity index (χ4v) is 3.62. The molecule has 2 heterocycles. The van der Waals surface area contributed by atoms with Crippen LogP contribution in [0, 0.1) is 13.8 Å². The predicted octanol–water partition coefficient (Wildman–Crippen LogP) is 2.43. The zero-order valence-electron chi connectivity index (χ0n) is 17.5. The molecule has 148 valence electrons.